The fourth-order valence-corrected chi connectivity index (χ4v) is 3.49. The van der Waals surface area contributed by atoms with Crippen LogP contribution in [0.3, 0.4) is 0 Å². The third-order valence-electron chi connectivity index (χ3n) is 3.42. The van der Waals surface area contributed by atoms with E-state index in [-0.39, 0.29) is 11.4 Å². The monoisotopic (exact) mass is 285 g/mol. The lowest BCUT2D eigenvalue weighted by molar-refractivity contribution is 0.163. The molecular weight excluding hydrogens is 262 g/mol. The van der Waals surface area contributed by atoms with Crippen molar-refractivity contribution in [1.29, 1.82) is 0 Å². The first-order chi connectivity index (χ1) is 9.31. The first-order valence-electron chi connectivity index (χ1n) is 7.13. The number of hydrogen-bond donors (Lipinski definition) is 2. The van der Waals surface area contributed by atoms with Crippen molar-refractivity contribution in [2.75, 3.05) is 13.1 Å². The molecule has 0 bridgehead atoms. The molecule has 7 heteroatoms. The van der Waals surface area contributed by atoms with Gasteiger partial charge in [0.1, 0.15) is 0 Å². The Labute approximate surface area is 118 Å². The minimum absolute atomic E-state index is 0.228. The van der Waals surface area contributed by atoms with Gasteiger partial charge in [0.05, 0.1) is 12.6 Å². The molecule has 6 nitrogen and oxygen atoms in total. The van der Waals surface area contributed by atoms with Gasteiger partial charge in [-0.2, -0.15) is 0 Å². The van der Waals surface area contributed by atoms with Gasteiger partial charge in [-0.25, -0.2) is 4.68 Å². The number of aliphatic hydroxyl groups is 1. The van der Waals surface area contributed by atoms with E-state index in [1.807, 2.05) is 4.68 Å². The van der Waals surface area contributed by atoms with Crippen molar-refractivity contribution in [2.24, 2.45) is 0 Å². The number of likely N-dealkylation sites (N-methyl/N-ethyl adjacent to an activating group) is 1. The molecule has 2 unspecified atom stereocenters. The van der Waals surface area contributed by atoms with Crippen molar-refractivity contribution in [3.63, 3.8) is 0 Å². The maximum absolute atomic E-state index is 10.1. The Balaban J connectivity index is 1.92. The molecule has 108 valence electrons. The molecule has 0 spiro atoms. The zero-order valence-electron chi connectivity index (χ0n) is 11.5. The molecule has 1 aliphatic carbocycles. The first-order valence-corrected chi connectivity index (χ1v) is 8.01. The normalized spacial score (nSPS) is 24.3. The highest BCUT2D eigenvalue weighted by molar-refractivity contribution is 7.99. The molecule has 19 heavy (non-hydrogen) atoms. The van der Waals surface area contributed by atoms with E-state index in [1.54, 1.807) is 11.8 Å². The summed E-state index contributed by atoms with van der Waals surface area (Å²) in [5.41, 5.74) is 0. The van der Waals surface area contributed by atoms with E-state index in [0.717, 1.165) is 44.1 Å². The van der Waals surface area contributed by atoms with Crippen LogP contribution in [0.25, 0.3) is 0 Å². The Morgan fingerprint density at radius 1 is 1.37 bits per heavy atom. The van der Waals surface area contributed by atoms with Gasteiger partial charge in [-0.05, 0) is 29.8 Å². The summed E-state index contributed by atoms with van der Waals surface area (Å²) in [5.74, 6) is 0. The number of hydrogen-bond acceptors (Lipinski definition) is 6. The Bertz CT molecular complexity index is 373. The van der Waals surface area contributed by atoms with Crippen molar-refractivity contribution >= 4 is 11.8 Å². The molecule has 0 aromatic carbocycles. The second kappa shape index (κ2) is 7.81. The SMILES string of the molecule is CCNCCn1nnnc1SC1CCCCCC1O. The number of rotatable bonds is 6. The topological polar surface area (TPSA) is 75.9 Å². The van der Waals surface area contributed by atoms with E-state index in [1.165, 1.54) is 12.8 Å². The van der Waals surface area contributed by atoms with Crippen LogP contribution in [-0.2, 0) is 6.54 Å². The largest absolute Gasteiger partial charge is 0.392 e. The maximum atomic E-state index is 10.1. The first kappa shape index (κ1) is 14.7. The summed E-state index contributed by atoms with van der Waals surface area (Å²) in [6, 6.07) is 0. The summed E-state index contributed by atoms with van der Waals surface area (Å²) >= 11 is 1.63. The van der Waals surface area contributed by atoms with Crippen molar-refractivity contribution in [2.45, 2.75) is 62.1 Å². The van der Waals surface area contributed by atoms with Crippen LogP contribution in [0, 0.1) is 0 Å². The molecule has 2 rings (SSSR count). The summed E-state index contributed by atoms with van der Waals surface area (Å²) in [6.45, 7) is 4.66. The van der Waals surface area contributed by atoms with Gasteiger partial charge in [-0.3, -0.25) is 0 Å². The lowest BCUT2D eigenvalue weighted by Crippen LogP contribution is -2.23. The molecule has 0 radical (unpaired) electrons. The summed E-state index contributed by atoms with van der Waals surface area (Å²) in [5, 5.41) is 26.3. The molecule has 1 saturated carbocycles. The van der Waals surface area contributed by atoms with Crippen molar-refractivity contribution in [1.82, 2.24) is 25.5 Å². The maximum Gasteiger partial charge on any atom is 0.209 e. The molecule has 0 saturated heterocycles. The average molecular weight is 285 g/mol. The van der Waals surface area contributed by atoms with Gasteiger partial charge >= 0.3 is 0 Å². The van der Waals surface area contributed by atoms with Gasteiger partial charge in [0, 0.05) is 11.8 Å². The van der Waals surface area contributed by atoms with E-state index < -0.39 is 0 Å². The van der Waals surface area contributed by atoms with Crippen LogP contribution in [0.15, 0.2) is 5.16 Å². The number of tetrazole rings is 1. The van der Waals surface area contributed by atoms with E-state index in [9.17, 15) is 5.11 Å². The number of aromatic nitrogens is 4. The quantitative estimate of drug-likeness (QED) is 0.601. The predicted molar refractivity (Wildman–Crippen MR) is 75.1 cm³/mol. The minimum Gasteiger partial charge on any atom is -0.392 e. The lowest BCUT2D eigenvalue weighted by Gasteiger charge is -2.18. The molecule has 1 aromatic heterocycles. The van der Waals surface area contributed by atoms with Gasteiger partial charge in [0.25, 0.3) is 0 Å². The second-order valence-corrected chi connectivity index (χ2v) is 6.11. The molecule has 1 fully saturated rings. The summed E-state index contributed by atoms with van der Waals surface area (Å²) in [6.07, 6.45) is 5.26. The molecule has 2 N–H and O–H groups in total. The Morgan fingerprint density at radius 2 is 2.21 bits per heavy atom. The Kier molecular flexibility index (Phi) is 6.06. The standard InChI is InChI=1S/C12H23N5OS/c1-2-13-8-9-17-12(14-15-16-17)19-11-7-5-3-4-6-10(11)18/h10-11,13,18H,2-9H2,1H3. The molecule has 2 atom stereocenters. The minimum atomic E-state index is -0.230. The van der Waals surface area contributed by atoms with Crippen molar-refractivity contribution < 1.29 is 5.11 Å². The third-order valence-corrected chi connectivity index (χ3v) is 4.78. The summed E-state index contributed by atoms with van der Waals surface area (Å²) in [7, 11) is 0. The van der Waals surface area contributed by atoms with Crippen molar-refractivity contribution in [3.8, 4) is 0 Å². The molecule has 1 heterocycles. The van der Waals surface area contributed by atoms with Crippen LogP contribution in [0.2, 0.25) is 0 Å². The predicted octanol–water partition coefficient (Wildman–Crippen LogP) is 1.07. The Hall–Kier alpha value is -0.660. The molecule has 1 aromatic rings. The van der Waals surface area contributed by atoms with Crippen LogP contribution >= 0.6 is 11.8 Å². The summed E-state index contributed by atoms with van der Waals surface area (Å²) in [4.78, 5) is 0. The molecule has 0 amide bonds. The van der Waals surface area contributed by atoms with Crippen LogP contribution in [0.5, 0.6) is 0 Å². The number of nitrogens with zero attached hydrogens (tertiary/aromatic N) is 4. The zero-order valence-corrected chi connectivity index (χ0v) is 12.3. The smallest absolute Gasteiger partial charge is 0.209 e. The number of aliphatic hydroxyl groups excluding tert-OH is 1. The highest BCUT2D eigenvalue weighted by Crippen LogP contribution is 2.31. The fourth-order valence-electron chi connectivity index (χ4n) is 2.31. The zero-order chi connectivity index (χ0) is 13.5. The van der Waals surface area contributed by atoms with E-state index in [2.05, 4.69) is 27.8 Å². The fraction of sp³-hybridized carbons (Fsp3) is 0.917. The van der Waals surface area contributed by atoms with Crippen molar-refractivity contribution in [3.05, 3.63) is 0 Å². The molecule has 0 aliphatic heterocycles. The van der Waals surface area contributed by atoms with Gasteiger partial charge < -0.3 is 10.4 Å². The van der Waals surface area contributed by atoms with Gasteiger partial charge in [-0.15, -0.1) is 5.10 Å². The van der Waals surface area contributed by atoms with E-state index >= 15 is 0 Å². The van der Waals surface area contributed by atoms with Gasteiger partial charge in [0.15, 0.2) is 0 Å². The number of nitrogens with one attached hydrogen (secondary N) is 1. The van der Waals surface area contributed by atoms with Gasteiger partial charge in [-0.1, -0.05) is 37.9 Å². The van der Waals surface area contributed by atoms with Crippen LogP contribution in [-0.4, -0.2) is 49.8 Å². The molecular formula is C12H23N5OS. The van der Waals surface area contributed by atoms with E-state index in [4.69, 9.17) is 0 Å². The third kappa shape index (κ3) is 4.43. The molecule has 1 aliphatic rings. The van der Waals surface area contributed by atoms with Crippen LogP contribution < -0.4 is 5.32 Å². The lowest BCUT2D eigenvalue weighted by atomic mass is 10.1. The van der Waals surface area contributed by atoms with Gasteiger partial charge in [0.2, 0.25) is 5.16 Å². The Morgan fingerprint density at radius 3 is 3.05 bits per heavy atom. The van der Waals surface area contributed by atoms with E-state index in [0.29, 0.717) is 0 Å². The number of thioether (sulfide) groups is 1. The second-order valence-electron chi connectivity index (χ2n) is 4.90. The highest BCUT2D eigenvalue weighted by Gasteiger charge is 2.24. The summed E-state index contributed by atoms with van der Waals surface area (Å²) < 4.78 is 1.82. The van der Waals surface area contributed by atoms with Crippen LogP contribution in [0.4, 0.5) is 0 Å². The average Bonchev–Trinajstić information content (AvgIpc) is 2.74. The highest BCUT2D eigenvalue weighted by atomic mass is 32.2. The van der Waals surface area contributed by atoms with Crippen LogP contribution in [0.1, 0.15) is 39.0 Å².